The fraction of sp³-hybridized carbons (Fsp3) is 0.467. The van der Waals surface area contributed by atoms with Crippen LogP contribution in [-0.4, -0.2) is 13.4 Å². The highest BCUT2D eigenvalue weighted by Gasteiger charge is 2.24. The van der Waals surface area contributed by atoms with E-state index < -0.39 is 8.80 Å². The van der Waals surface area contributed by atoms with Crippen molar-refractivity contribution in [3.05, 3.63) is 30.5 Å². The van der Waals surface area contributed by atoms with E-state index in [1.807, 2.05) is 0 Å². The summed E-state index contributed by atoms with van der Waals surface area (Å²) in [6.45, 7) is 9.48. The van der Waals surface area contributed by atoms with E-state index in [0.29, 0.717) is 0 Å². The Labute approximate surface area is 106 Å². The Kier molecular flexibility index (Phi) is 3.43. The van der Waals surface area contributed by atoms with Gasteiger partial charge in [0, 0.05) is 18.8 Å². The summed E-state index contributed by atoms with van der Waals surface area (Å²) in [6.07, 6.45) is 2.17. The molecule has 0 N–H and O–H groups in total. The van der Waals surface area contributed by atoms with E-state index in [-0.39, 0.29) is 0 Å². The van der Waals surface area contributed by atoms with Gasteiger partial charge in [-0.05, 0) is 28.6 Å². The zero-order valence-corrected chi connectivity index (χ0v) is 12.5. The Balaban J connectivity index is 2.61. The molecular formula is C15H22NSi. The molecule has 0 bridgehead atoms. The van der Waals surface area contributed by atoms with Crippen molar-refractivity contribution in [2.45, 2.75) is 38.8 Å². The third-order valence-electron chi connectivity index (χ3n) is 3.48. The zero-order chi connectivity index (χ0) is 12.6. The maximum absolute atomic E-state index is 2.37. The Morgan fingerprint density at radius 2 is 1.65 bits per heavy atom. The number of hydrogen-bond acceptors (Lipinski definition) is 0. The first-order chi connectivity index (χ1) is 8.02. The van der Waals surface area contributed by atoms with Crippen molar-refractivity contribution in [1.82, 2.24) is 4.57 Å². The van der Waals surface area contributed by atoms with Gasteiger partial charge in [0.25, 0.3) is 0 Å². The predicted octanol–water partition coefficient (Wildman–Crippen LogP) is 3.70. The number of benzene rings is 1. The van der Waals surface area contributed by atoms with Gasteiger partial charge < -0.3 is 4.57 Å². The Morgan fingerprint density at radius 3 is 2.24 bits per heavy atom. The number of hydrogen-bond donors (Lipinski definition) is 0. The molecular weight excluding hydrogens is 222 g/mol. The minimum atomic E-state index is -0.481. The van der Waals surface area contributed by atoms with Gasteiger partial charge in [-0.15, -0.1) is 0 Å². The Morgan fingerprint density at radius 1 is 1.00 bits per heavy atom. The molecule has 0 amide bonds. The lowest BCUT2D eigenvalue weighted by atomic mass is 10.2. The lowest BCUT2D eigenvalue weighted by Crippen LogP contribution is -2.36. The Bertz CT molecular complexity index is 503. The average molecular weight is 244 g/mol. The van der Waals surface area contributed by atoms with E-state index in [1.165, 1.54) is 10.9 Å². The first-order valence-corrected chi connectivity index (χ1v) is 8.09. The summed E-state index contributed by atoms with van der Waals surface area (Å²) >= 11 is 0. The van der Waals surface area contributed by atoms with Crippen LogP contribution in [0.25, 0.3) is 10.9 Å². The van der Waals surface area contributed by atoms with E-state index in [4.69, 9.17) is 0 Å². The quantitative estimate of drug-likeness (QED) is 0.726. The first-order valence-electron chi connectivity index (χ1n) is 6.43. The summed E-state index contributed by atoms with van der Waals surface area (Å²) in [5, 5.41) is 3.07. The van der Waals surface area contributed by atoms with Crippen LogP contribution in [0.1, 0.15) is 27.7 Å². The molecule has 17 heavy (non-hydrogen) atoms. The van der Waals surface area contributed by atoms with Gasteiger partial charge in [0.15, 0.2) is 0 Å². The van der Waals surface area contributed by atoms with Gasteiger partial charge in [0.2, 0.25) is 0 Å². The number of nitrogens with zero attached hydrogens (tertiary/aromatic N) is 1. The number of aryl methyl sites for hydroxylation is 1. The number of aromatic nitrogens is 1. The molecule has 2 heteroatoms. The second-order valence-corrected chi connectivity index (χ2v) is 9.19. The molecule has 1 radical (unpaired) electrons. The zero-order valence-electron chi connectivity index (χ0n) is 11.5. The molecule has 2 rings (SSSR count). The molecule has 2 aromatic rings. The van der Waals surface area contributed by atoms with Crippen molar-refractivity contribution in [3.8, 4) is 0 Å². The van der Waals surface area contributed by atoms with Crippen molar-refractivity contribution in [2.75, 3.05) is 0 Å². The summed E-state index contributed by atoms with van der Waals surface area (Å²) in [7, 11) is 1.65. The van der Waals surface area contributed by atoms with Crippen LogP contribution in [0.5, 0.6) is 0 Å². The molecule has 0 aliphatic heterocycles. The van der Waals surface area contributed by atoms with Crippen LogP contribution < -0.4 is 5.19 Å². The standard InChI is InChI=1S/C15H22NSi/c1-11(2)17(12(3)4)15-8-6-7-14-13(15)9-10-16(14)5/h6-12H,1-5H3. The Hall–Kier alpha value is -1.02. The average Bonchev–Trinajstić information content (AvgIpc) is 2.61. The molecule has 0 fully saturated rings. The summed E-state index contributed by atoms with van der Waals surface area (Å²) < 4.78 is 2.22. The summed E-state index contributed by atoms with van der Waals surface area (Å²) in [5.74, 6) is 0. The van der Waals surface area contributed by atoms with Gasteiger partial charge in [-0.3, -0.25) is 0 Å². The highest BCUT2D eigenvalue weighted by atomic mass is 28.3. The van der Waals surface area contributed by atoms with Crippen LogP contribution >= 0.6 is 0 Å². The van der Waals surface area contributed by atoms with E-state index in [0.717, 1.165) is 11.1 Å². The highest BCUT2D eigenvalue weighted by Crippen LogP contribution is 2.23. The third kappa shape index (κ3) is 2.18. The molecule has 0 aliphatic carbocycles. The maximum atomic E-state index is 2.37. The number of fused-ring (bicyclic) bond motifs is 1. The van der Waals surface area contributed by atoms with Crippen LogP contribution in [0.15, 0.2) is 30.5 Å². The van der Waals surface area contributed by atoms with E-state index >= 15 is 0 Å². The van der Waals surface area contributed by atoms with Crippen molar-refractivity contribution >= 4 is 24.9 Å². The number of rotatable bonds is 3. The van der Waals surface area contributed by atoms with Crippen LogP contribution in [0.3, 0.4) is 0 Å². The largest absolute Gasteiger partial charge is 0.351 e. The van der Waals surface area contributed by atoms with Crippen molar-refractivity contribution in [3.63, 3.8) is 0 Å². The molecule has 0 spiro atoms. The molecule has 1 aromatic carbocycles. The van der Waals surface area contributed by atoms with E-state index in [9.17, 15) is 0 Å². The molecule has 91 valence electrons. The topological polar surface area (TPSA) is 4.93 Å². The van der Waals surface area contributed by atoms with Gasteiger partial charge in [-0.2, -0.15) is 0 Å². The summed E-state index contributed by atoms with van der Waals surface area (Å²) in [6, 6.07) is 9.06. The van der Waals surface area contributed by atoms with Gasteiger partial charge in [-0.25, -0.2) is 0 Å². The second-order valence-electron chi connectivity index (χ2n) is 5.43. The monoisotopic (exact) mass is 244 g/mol. The SMILES string of the molecule is CC(C)[Si](c1cccc2c1ccn2C)C(C)C. The first kappa shape index (κ1) is 12.4. The second kappa shape index (κ2) is 4.69. The lowest BCUT2D eigenvalue weighted by Gasteiger charge is -2.24. The van der Waals surface area contributed by atoms with Gasteiger partial charge in [0.05, 0.1) is 8.80 Å². The molecule has 0 aliphatic rings. The van der Waals surface area contributed by atoms with Crippen LogP contribution in [-0.2, 0) is 7.05 Å². The van der Waals surface area contributed by atoms with Crippen molar-refractivity contribution < 1.29 is 0 Å². The van der Waals surface area contributed by atoms with E-state index in [1.54, 1.807) is 5.19 Å². The fourth-order valence-electron chi connectivity index (χ4n) is 2.84. The highest BCUT2D eigenvalue weighted by molar-refractivity contribution is 6.77. The molecule has 0 atom stereocenters. The van der Waals surface area contributed by atoms with Crippen molar-refractivity contribution in [1.29, 1.82) is 0 Å². The smallest absolute Gasteiger partial charge is 0.0919 e. The fourth-order valence-corrected chi connectivity index (χ4v) is 6.23. The molecule has 0 unspecified atom stereocenters. The van der Waals surface area contributed by atoms with Crippen LogP contribution in [0, 0.1) is 0 Å². The predicted molar refractivity (Wildman–Crippen MR) is 78.5 cm³/mol. The molecule has 1 heterocycles. The van der Waals surface area contributed by atoms with Gasteiger partial charge >= 0.3 is 0 Å². The van der Waals surface area contributed by atoms with Gasteiger partial charge in [-0.1, -0.05) is 45.0 Å². The van der Waals surface area contributed by atoms with Crippen LogP contribution in [0.2, 0.25) is 11.1 Å². The van der Waals surface area contributed by atoms with E-state index in [2.05, 4.69) is 69.8 Å². The molecule has 0 saturated heterocycles. The molecule has 1 nitrogen and oxygen atoms in total. The van der Waals surface area contributed by atoms with Crippen molar-refractivity contribution in [2.24, 2.45) is 7.05 Å². The molecule has 0 saturated carbocycles. The normalized spacial score (nSPS) is 12.2. The lowest BCUT2D eigenvalue weighted by molar-refractivity contribution is 0.951. The summed E-state index contributed by atoms with van der Waals surface area (Å²) in [4.78, 5) is 0. The molecule has 1 aromatic heterocycles. The minimum Gasteiger partial charge on any atom is -0.351 e. The van der Waals surface area contributed by atoms with Crippen LogP contribution in [0.4, 0.5) is 0 Å². The summed E-state index contributed by atoms with van der Waals surface area (Å²) in [5.41, 5.74) is 2.93. The van der Waals surface area contributed by atoms with Gasteiger partial charge in [0.1, 0.15) is 0 Å². The third-order valence-corrected chi connectivity index (χ3v) is 7.03. The minimum absolute atomic E-state index is 0.481. The maximum Gasteiger partial charge on any atom is 0.0919 e.